The third-order valence-electron chi connectivity index (χ3n) is 3.03. The first-order chi connectivity index (χ1) is 9.88. The highest BCUT2D eigenvalue weighted by Gasteiger charge is 2.22. The number of sulfone groups is 1. The van der Waals surface area contributed by atoms with Crippen LogP contribution in [0.3, 0.4) is 0 Å². The van der Waals surface area contributed by atoms with Crippen LogP contribution in [0.2, 0.25) is 0 Å². The van der Waals surface area contributed by atoms with Gasteiger partial charge in [0.2, 0.25) is 5.91 Å². The molecule has 0 aliphatic carbocycles. The van der Waals surface area contributed by atoms with Crippen LogP contribution in [0.4, 0.5) is 0 Å². The summed E-state index contributed by atoms with van der Waals surface area (Å²) >= 11 is 0. The predicted molar refractivity (Wildman–Crippen MR) is 77.5 cm³/mol. The van der Waals surface area contributed by atoms with Gasteiger partial charge in [-0.2, -0.15) is 5.10 Å². The van der Waals surface area contributed by atoms with Gasteiger partial charge in [-0.1, -0.05) is 0 Å². The molecule has 0 radical (unpaired) electrons. The molecule has 21 heavy (non-hydrogen) atoms. The molecule has 0 aliphatic rings. The Morgan fingerprint density at radius 3 is 2.81 bits per heavy atom. The van der Waals surface area contributed by atoms with E-state index in [0.29, 0.717) is 5.82 Å². The maximum Gasteiger partial charge on any atom is 0.238 e. The molecule has 1 atom stereocenters. The summed E-state index contributed by atoms with van der Waals surface area (Å²) in [4.78, 5) is 15.9. The van der Waals surface area contributed by atoms with Crippen molar-refractivity contribution in [1.82, 2.24) is 20.1 Å². The Balaban J connectivity index is 2.04. The summed E-state index contributed by atoms with van der Waals surface area (Å²) in [5.41, 5.74) is 0.810. The van der Waals surface area contributed by atoms with Crippen molar-refractivity contribution in [3.63, 3.8) is 0 Å². The van der Waals surface area contributed by atoms with Crippen LogP contribution in [0, 0.1) is 0 Å². The highest BCUT2D eigenvalue weighted by Crippen LogP contribution is 2.06. The molecule has 0 aliphatic heterocycles. The number of pyridine rings is 1. The van der Waals surface area contributed by atoms with Gasteiger partial charge in [-0.3, -0.25) is 4.79 Å². The van der Waals surface area contributed by atoms with E-state index in [1.165, 1.54) is 6.92 Å². The second kappa shape index (κ2) is 6.04. The summed E-state index contributed by atoms with van der Waals surface area (Å²) in [5.74, 6) is 0.109. The van der Waals surface area contributed by atoms with Crippen LogP contribution in [-0.2, 0) is 21.2 Å². The fraction of sp³-hybridized carbons (Fsp3) is 0.308. The van der Waals surface area contributed by atoms with E-state index in [1.807, 2.05) is 0 Å². The zero-order valence-electron chi connectivity index (χ0n) is 11.7. The lowest BCUT2D eigenvalue weighted by Crippen LogP contribution is -2.37. The monoisotopic (exact) mass is 308 g/mol. The van der Waals surface area contributed by atoms with Gasteiger partial charge in [0, 0.05) is 31.4 Å². The van der Waals surface area contributed by atoms with Gasteiger partial charge in [0.05, 0.1) is 0 Å². The number of nitrogens with one attached hydrogen (secondary N) is 1. The molecule has 0 fully saturated rings. The molecular weight excluding hydrogens is 292 g/mol. The molecule has 1 amide bonds. The van der Waals surface area contributed by atoms with E-state index in [-0.39, 0.29) is 6.54 Å². The molecule has 0 spiro atoms. The predicted octanol–water partition coefficient (Wildman–Crippen LogP) is 0.317. The summed E-state index contributed by atoms with van der Waals surface area (Å²) in [6.07, 6.45) is 6.05. The molecule has 0 bridgehead atoms. The van der Waals surface area contributed by atoms with Gasteiger partial charge in [-0.25, -0.2) is 18.1 Å². The maximum atomic E-state index is 11.8. The number of carbonyl (C=O) groups excluding carboxylic acids is 1. The zero-order chi connectivity index (χ0) is 15.5. The third-order valence-corrected chi connectivity index (χ3v) is 4.53. The fourth-order valence-corrected chi connectivity index (χ4v) is 2.10. The van der Waals surface area contributed by atoms with E-state index in [0.717, 1.165) is 11.8 Å². The smallest absolute Gasteiger partial charge is 0.238 e. The molecule has 2 aromatic heterocycles. The SMILES string of the molecule is CC(C(=O)NCc1ccnc(-n2cccn2)c1)S(C)(=O)=O. The first kappa shape index (κ1) is 15.2. The lowest BCUT2D eigenvalue weighted by molar-refractivity contribution is -0.120. The first-order valence-corrected chi connectivity index (χ1v) is 8.25. The van der Waals surface area contributed by atoms with Gasteiger partial charge < -0.3 is 5.32 Å². The van der Waals surface area contributed by atoms with Crippen LogP contribution in [0.1, 0.15) is 12.5 Å². The minimum absolute atomic E-state index is 0.232. The van der Waals surface area contributed by atoms with Crippen LogP contribution in [-0.4, -0.2) is 40.6 Å². The molecular formula is C13H16N4O3S. The van der Waals surface area contributed by atoms with E-state index in [1.54, 1.807) is 41.5 Å². The van der Waals surface area contributed by atoms with E-state index < -0.39 is 21.0 Å². The Bertz CT molecular complexity index is 726. The van der Waals surface area contributed by atoms with Gasteiger partial charge in [0.25, 0.3) is 0 Å². The van der Waals surface area contributed by atoms with Crippen molar-refractivity contribution in [3.05, 3.63) is 42.4 Å². The van der Waals surface area contributed by atoms with Gasteiger partial charge >= 0.3 is 0 Å². The molecule has 1 unspecified atom stereocenters. The molecule has 0 saturated carbocycles. The van der Waals surface area contributed by atoms with Crippen LogP contribution in [0.15, 0.2) is 36.8 Å². The van der Waals surface area contributed by atoms with Gasteiger partial charge in [0.1, 0.15) is 5.25 Å². The second-order valence-corrected chi connectivity index (χ2v) is 7.03. The third kappa shape index (κ3) is 3.88. The quantitative estimate of drug-likeness (QED) is 0.858. The molecule has 0 saturated heterocycles. The van der Waals surface area contributed by atoms with Crippen LogP contribution in [0.25, 0.3) is 5.82 Å². The number of aromatic nitrogens is 3. The van der Waals surface area contributed by atoms with Gasteiger partial charge in [-0.15, -0.1) is 0 Å². The molecule has 0 aromatic carbocycles. The molecule has 2 rings (SSSR count). The van der Waals surface area contributed by atoms with E-state index >= 15 is 0 Å². The summed E-state index contributed by atoms with van der Waals surface area (Å²) < 4.78 is 24.2. The Kier molecular flexibility index (Phi) is 4.37. The largest absolute Gasteiger partial charge is 0.351 e. The topological polar surface area (TPSA) is 93.9 Å². The average molecular weight is 308 g/mol. The average Bonchev–Trinajstić information content (AvgIpc) is 2.97. The van der Waals surface area contributed by atoms with Gasteiger partial charge in [-0.05, 0) is 30.7 Å². The summed E-state index contributed by atoms with van der Waals surface area (Å²) in [6.45, 7) is 1.60. The van der Waals surface area contributed by atoms with Crippen molar-refractivity contribution >= 4 is 15.7 Å². The standard InChI is InChI=1S/C13H16N4O3S/c1-10(21(2,19)20)13(18)15-9-11-4-6-14-12(8-11)17-7-3-5-16-17/h3-8,10H,9H2,1-2H3,(H,15,18). The lowest BCUT2D eigenvalue weighted by Gasteiger charge is -2.11. The highest BCUT2D eigenvalue weighted by molar-refractivity contribution is 7.92. The Labute approximate surface area is 122 Å². The number of hydrogen-bond acceptors (Lipinski definition) is 5. The Morgan fingerprint density at radius 1 is 1.43 bits per heavy atom. The highest BCUT2D eigenvalue weighted by atomic mass is 32.2. The first-order valence-electron chi connectivity index (χ1n) is 6.29. The number of amides is 1. The fourth-order valence-electron chi connectivity index (χ4n) is 1.63. The molecule has 2 aromatic rings. The maximum absolute atomic E-state index is 11.8. The number of nitrogens with zero attached hydrogens (tertiary/aromatic N) is 3. The minimum atomic E-state index is -3.39. The normalized spacial score (nSPS) is 12.9. The van der Waals surface area contributed by atoms with Crippen molar-refractivity contribution in [1.29, 1.82) is 0 Å². The van der Waals surface area contributed by atoms with Crippen molar-refractivity contribution in [2.75, 3.05) is 6.26 Å². The molecule has 1 N–H and O–H groups in total. The lowest BCUT2D eigenvalue weighted by atomic mass is 10.2. The second-order valence-electron chi connectivity index (χ2n) is 4.66. The van der Waals surface area contributed by atoms with Crippen LogP contribution in [0.5, 0.6) is 0 Å². The van der Waals surface area contributed by atoms with Gasteiger partial charge in [0.15, 0.2) is 15.7 Å². The van der Waals surface area contributed by atoms with E-state index in [4.69, 9.17) is 0 Å². The number of carbonyl (C=O) groups is 1. The zero-order valence-corrected chi connectivity index (χ0v) is 12.5. The Morgan fingerprint density at radius 2 is 2.19 bits per heavy atom. The number of rotatable bonds is 5. The van der Waals surface area contributed by atoms with E-state index in [2.05, 4.69) is 15.4 Å². The van der Waals surface area contributed by atoms with Crippen LogP contribution >= 0.6 is 0 Å². The minimum Gasteiger partial charge on any atom is -0.351 e. The van der Waals surface area contributed by atoms with Crippen LogP contribution < -0.4 is 5.32 Å². The van der Waals surface area contributed by atoms with Crippen molar-refractivity contribution in [3.8, 4) is 5.82 Å². The number of hydrogen-bond donors (Lipinski definition) is 1. The van der Waals surface area contributed by atoms with Crippen molar-refractivity contribution in [2.45, 2.75) is 18.7 Å². The van der Waals surface area contributed by atoms with E-state index in [9.17, 15) is 13.2 Å². The molecule has 112 valence electrons. The molecule has 2 heterocycles. The van der Waals surface area contributed by atoms with Crippen molar-refractivity contribution in [2.24, 2.45) is 0 Å². The summed E-state index contributed by atoms with van der Waals surface area (Å²) in [5, 5.41) is 5.61. The summed E-state index contributed by atoms with van der Waals surface area (Å²) in [6, 6.07) is 5.31. The molecule has 7 nitrogen and oxygen atoms in total. The van der Waals surface area contributed by atoms with Crippen molar-refractivity contribution < 1.29 is 13.2 Å². The Hall–Kier alpha value is -2.22. The summed E-state index contributed by atoms with van der Waals surface area (Å²) in [7, 11) is -3.39. The molecule has 8 heteroatoms.